The smallest absolute Gasteiger partial charge is 0.406 e. The van der Waals surface area contributed by atoms with Gasteiger partial charge in [-0.15, -0.1) is 26.3 Å². The molecule has 0 aliphatic carbocycles. The zero-order valence-electron chi connectivity index (χ0n) is 21.3. The lowest BCUT2D eigenvalue weighted by atomic mass is 9.70. The van der Waals surface area contributed by atoms with E-state index >= 15 is 0 Å². The lowest BCUT2D eigenvalue weighted by Crippen LogP contribution is -2.38. The molecule has 0 atom stereocenters. The molecule has 0 aliphatic rings. The van der Waals surface area contributed by atoms with Gasteiger partial charge in [0.05, 0.1) is 0 Å². The molecule has 0 saturated carbocycles. The highest BCUT2D eigenvalue weighted by Gasteiger charge is 2.39. The molecule has 0 amide bonds. The number of hydrogen-bond donors (Lipinski definition) is 1. The number of alkyl halides is 9. The first kappa shape index (κ1) is 30.5. The van der Waals surface area contributed by atoms with Gasteiger partial charge in [-0.3, -0.25) is 0 Å². The Morgan fingerprint density at radius 3 is 1.62 bits per heavy atom. The maximum Gasteiger partial charge on any atom is 0.573 e. The summed E-state index contributed by atoms with van der Waals surface area (Å²) in [5.74, 6) is -1.41. The summed E-state index contributed by atoms with van der Waals surface area (Å²) in [5.41, 5.74) is -1.72. The number of benzene rings is 3. The Balaban J connectivity index is 1.90. The summed E-state index contributed by atoms with van der Waals surface area (Å²) in [6.45, 7) is -0.304. The van der Waals surface area contributed by atoms with Crippen LogP contribution in [0.1, 0.15) is 22.4 Å². The van der Waals surface area contributed by atoms with E-state index in [1.807, 2.05) is 0 Å². The van der Waals surface area contributed by atoms with E-state index in [0.29, 0.717) is 5.56 Å². The van der Waals surface area contributed by atoms with Crippen molar-refractivity contribution in [2.45, 2.75) is 30.7 Å². The van der Waals surface area contributed by atoms with Crippen LogP contribution in [-0.2, 0) is 18.0 Å². The van der Waals surface area contributed by atoms with Crippen molar-refractivity contribution >= 4 is 5.82 Å². The lowest BCUT2D eigenvalue weighted by molar-refractivity contribution is -0.275. The molecule has 0 bridgehead atoms. The van der Waals surface area contributed by atoms with Gasteiger partial charge in [0, 0.05) is 12.0 Å². The highest BCUT2D eigenvalue weighted by Crippen LogP contribution is 2.40. The third-order valence-corrected chi connectivity index (χ3v) is 6.20. The fourth-order valence-corrected chi connectivity index (χ4v) is 4.50. The van der Waals surface area contributed by atoms with Crippen molar-refractivity contribution in [2.75, 3.05) is 11.9 Å². The Hall–Kier alpha value is -4.42. The van der Waals surface area contributed by atoms with Crippen molar-refractivity contribution in [2.24, 2.45) is 0 Å². The van der Waals surface area contributed by atoms with Crippen molar-refractivity contribution < 1.29 is 49.0 Å². The van der Waals surface area contributed by atoms with Crippen LogP contribution in [0.25, 0.3) is 0 Å². The lowest BCUT2D eigenvalue weighted by Gasteiger charge is -2.36. The van der Waals surface area contributed by atoms with Crippen molar-refractivity contribution in [3.8, 4) is 11.5 Å². The van der Waals surface area contributed by atoms with Crippen molar-refractivity contribution in [1.82, 2.24) is 4.98 Å². The molecule has 1 aromatic heterocycles. The number of pyridine rings is 1. The third-order valence-electron chi connectivity index (χ3n) is 6.20. The van der Waals surface area contributed by atoms with E-state index in [1.54, 1.807) is 30.3 Å². The predicted molar refractivity (Wildman–Crippen MR) is 135 cm³/mol. The van der Waals surface area contributed by atoms with E-state index in [9.17, 15) is 39.5 Å². The van der Waals surface area contributed by atoms with Crippen molar-refractivity contribution in [3.05, 3.63) is 119 Å². The molecular formula is C29H21F9N2O2. The standard InChI is InChI=1S/C29H21F9N2O2/c30-27(31,32)24-13-6-14-25(40-24)39-18-26(17-19-7-2-1-3-8-19,20-9-4-11-22(15-20)41-28(33,34)35)21-10-5-12-23(16-21)42-29(36,37)38/h1-16H,17-18H2,(H,39,40). The molecule has 0 saturated heterocycles. The minimum absolute atomic E-state index is 0.00918. The molecule has 4 rings (SSSR count). The Morgan fingerprint density at radius 1 is 0.595 bits per heavy atom. The minimum Gasteiger partial charge on any atom is -0.406 e. The van der Waals surface area contributed by atoms with Crippen LogP contribution in [-0.4, -0.2) is 24.3 Å². The number of hydrogen-bond acceptors (Lipinski definition) is 4. The second-order valence-corrected chi connectivity index (χ2v) is 9.16. The molecule has 222 valence electrons. The van der Waals surface area contributed by atoms with Crippen LogP contribution >= 0.6 is 0 Å². The van der Waals surface area contributed by atoms with Crippen LogP contribution < -0.4 is 14.8 Å². The number of halogens is 9. The van der Waals surface area contributed by atoms with Gasteiger partial charge < -0.3 is 14.8 Å². The van der Waals surface area contributed by atoms with Crippen molar-refractivity contribution in [1.29, 1.82) is 0 Å². The van der Waals surface area contributed by atoms with Gasteiger partial charge in [0.2, 0.25) is 0 Å². The average Bonchev–Trinajstić information content (AvgIpc) is 2.90. The summed E-state index contributed by atoms with van der Waals surface area (Å²) in [6, 6.07) is 21.3. The number of ether oxygens (including phenoxy) is 2. The van der Waals surface area contributed by atoms with E-state index in [-0.39, 0.29) is 29.9 Å². The molecule has 3 aromatic carbocycles. The highest BCUT2D eigenvalue weighted by atomic mass is 19.4. The number of anilines is 1. The molecule has 1 N–H and O–H groups in total. The average molecular weight is 600 g/mol. The van der Waals surface area contributed by atoms with E-state index in [1.165, 1.54) is 30.3 Å². The maximum atomic E-state index is 13.3. The third kappa shape index (κ3) is 8.08. The molecule has 0 fully saturated rings. The van der Waals surface area contributed by atoms with Gasteiger partial charge in [-0.05, 0) is 59.5 Å². The fourth-order valence-electron chi connectivity index (χ4n) is 4.50. The van der Waals surface area contributed by atoms with Gasteiger partial charge in [-0.1, -0.05) is 60.7 Å². The first-order valence-electron chi connectivity index (χ1n) is 12.2. The summed E-state index contributed by atoms with van der Waals surface area (Å²) >= 11 is 0. The molecular weight excluding hydrogens is 579 g/mol. The predicted octanol–water partition coefficient (Wildman–Crippen LogP) is 8.54. The monoisotopic (exact) mass is 600 g/mol. The molecule has 0 aliphatic heterocycles. The van der Waals surface area contributed by atoms with Crippen LogP contribution in [0.3, 0.4) is 0 Å². The Morgan fingerprint density at radius 2 is 1.12 bits per heavy atom. The van der Waals surface area contributed by atoms with Gasteiger partial charge in [0.15, 0.2) is 0 Å². The molecule has 0 radical (unpaired) electrons. The Kier molecular flexibility index (Phi) is 8.60. The second kappa shape index (κ2) is 11.8. The van der Waals surface area contributed by atoms with E-state index < -0.39 is 41.5 Å². The fraction of sp³-hybridized carbons (Fsp3) is 0.207. The van der Waals surface area contributed by atoms with Gasteiger partial charge >= 0.3 is 18.9 Å². The Bertz CT molecular complexity index is 1430. The summed E-state index contributed by atoms with van der Waals surface area (Å²) in [4.78, 5) is 3.59. The quantitative estimate of drug-likeness (QED) is 0.196. The second-order valence-electron chi connectivity index (χ2n) is 9.16. The van der Waals surface area contributed by atoms with Crippen LogP contribution in [0, 0.1) is 0 Å². The zero-order chi connectivity index (χ0) is 30.6. The summed E-state index contributed by atoms with van der Waals surface area (Å²) in [6.07, 6.45) is -14.8. The first-order chi connectivity index (χ1) is 19.6. The maximum absolute atomic E-state index is 13.3. The van der Waals surface area contributed by atoms with E-state index in [2.05, 4.69) is 19.8 Å². The largest absolute Gasteiger partial charge is 0.573 e. The SMILES string of the molecule is FC(F)(F)Oc1cccc(C(CNc2cccc(C(F)(F)F)n2)(Cc2ccccc2)c2cccc(OC(F)(F)F)c2)c1. The summed E-state index contributed by atoms with van der Waals surface area (Å²) < 4.78 is 127. The summed E-state index contributed by atoms with van der Waals surface area (Å²) in [7, 11) is 0. The van der Waals surface area contributed by atoms with Gasteiger partial charge in [-0.2, -0.15) is 13.2 Å². The molecule has 1 heterocycles. The van der Waals surface area contributed by atoms with E-state index in [0.717, 1.165) is 36.4 Å². The molecule has 4 aromatic rings. The van der Waals surface area contributed by atoms with Crippen LogP contribution in [0.2, 0.25) is 0 Å². The van der Waals surface area contributed by atoms with Gasteiger partial charge in [0.25, 0.3) is 0 Å². The number of nitrogens with one attached hydrogen (secondary N) is 1. The number of nitrogens with zero attached hydrogens (tertiary/aromatic N) is 1. The topological polar surface area (TPSA) is 43.4 Å². The zero-order valence-corrected chi connectivity index (χ0v) is 21.3. The van der Waals surface area contributed by atoms with Crippen LogP contribution in [0.5, 0.6) is 11.5 Å². The van der Waals surface area contributed by atoms with E-state index in [4.69, 9.17) is 0 Å². The molecule has 42 heavy (non-hydrogen) atoms. The summed E-state index contributed by atoms with van der Waals surface area (Å²) in [5, 5.41) is 2.81. The minimum atomic E-state index is -5.04. The van der Waals surface area contributed by atoms with Gasteiger partial charge in [0.1, 0.15) is 23.0 Å². The molecule has 13 heteroatoms. The number of aromatic nitrogens is 1. The van der Waals surface area contributed by atoms with Crippen molar-refractivity contribution in [3.63, 3.8) is 0 Å². The highest BCUT2D eigenvalue weighted by molar-refractivity contribution is 5.50. The molecule has 0 unspecified atom stereocenters. The molecule has 4 nitrogen and oxygen atoms in total. The van der Waals surface area contributed by atoms with Gasteiger partial charge in [-0.25, -0.2) is 4.98 Å². The normalized spacial score (nSPS) is 12.6. The van der Waals surface area contributed by atoms with Crippen LogP contribution in [0.4, 0.5) is 45.3 Å². The Labute approximate surface area is 233 Å². The first-order valence-corrected chi connectivity index (χ1v) is 12.2. The number of rotatable bonds is 9. The van der Waals surface area contributed by atoms with Crippen LogP contribution in [0.15, 0.2) is 97.1 Å². The molecule has 0 spiro atoms.